The molecule has 3 aromatic rings. The molecule has 1 atom stereocenters. The van der Waals surface area contributed by atoms with Crippen molar-refractivity contribution in [3.63, 3.8) is 0 Å². The highest BCUT2D eigenvalue weighted by Gasteiger charge is 2.17. The van der Waals surface area contributed by atoms with Crippen LogP contribution in [0.3, 0.4) is 0 Å². The summed E-state index contributed by atoms with van der Waals surface area (Å²) in [6.45, 7) is 1.81. The molecule has 2 heterocycles. The highest BCUT2D eigenvalue weighted by atomic mass is 16.1. The number of benzene rings is 1. The third-order valence-electron chi connectivity index (χ3n) is 3.95. The van der Waals surface area contributed by atoms with Crippen LogP contribution in [0, 0.1) is 0 Å². The van der Waals surface area contributed by atoms with Gasteiger partial charge in [-0.25, -0.2) is 14.6 Å². The number of nitrogens with zero attached hydrogens (tertiary/aromatic N) is 4. The topological polar surface area (TPSA) is 154 Å². The van der Waals surface area contributed by atoms with Gasteiger partial charge >= 0.3 is 0 Å². The van der Waals surface area contributed by atoms with Crippen LogP contribution in [0.15, 0.2) is 48.9 Å². The van der Waals surface area contributed by atoms with E-state index < -0.39 is 17.9 Å². The molecule has 144 valence electrons. The number of nitrogens with two attached hydrogens (primary N) is 2. The number of carbonyl (C=O) groups excluding carboxylic acids is 2. The third-order valence-corrected chi connectivity index (χ3v) is 3.95. The van der Waals surface area contributed by atoms with Crippen LogP contribution >= 0.6 is 0 Å². The molecule has 10 heteroatoms. The van der Waals surface area contributed by atoms with E-state index in [1.54, 1.807) is 17.1 Å². The predicted octanol–water partition coefficient (Wildman–Crippen LogP) is 1.18. The Hall–Kier alpha value is -3.95. The van der Waals surface area contributed by atoms with Crippen molar-refractivity contribution in [3.05, 3.63) is 54.6 Å². The number of hydrogen-bond acceptors (Lipinski definition) is 7. The van der Waals surface area contributed by atoms with Crippen LogP contribution in [-0.2, 0) is 4.79 Å². The van der Waals surface area contributed by atoms with Gasteiger partial charge in [0.25, 0.3) is 5.91 Å². The minimum absolute atomic E-state index is 0.0369. The summed E-state index contributed by atoms with van der Waals surface area (Å²) in [7, 11) is 0. The van der Waals surface area contributed by atoms with E-state index in [1.807, 2.05) is 37.3 Å². The van der Waals surface area contributed by atoms with Crippen molar-refractivity contribution >= 4 is 29.1 Å². The summed E-state index contributed by atoms with van der Waals surface area (Å²) in [5, 5.41) is 10.2. The molecule has 2 aromatic heterocycles. The lowest BCUT2D eigenvalue weighted by molar-refractivity contribution is -0.118. The summed E-state index contributed by atoms with van der Waals surface area (Å²) in [6.07, 6.45) is 5.11. The Kier molecular flexibility index (Phi) is 5.49. The molecule has 10 nitrogen and oxygen atoms in total. The zero-order valence-corrected chi connectivity index (χ0v) is 15.2. The van der Waals surface area contributed by atoms with Crippen LogP contribution in [-0.4, -0.2) is 37.6 Å². The van der Waals surface area contributed by atoms with Crippen molar-refractivity contribution in [2.45, 2.75) is 19.4 Å². The van der Waals surface area contributed by atoms with Gasteiger partial charge in [-0.1, -0.05) is 25.1 Å². The van der Waals surface area contributed by atoms with E-state index in [9.17, 15) is 9.59 Å². The lowest BCUT2D eigenvalue weighted by Crippen LogP contribution is -2.35. The molecule has 0 saturated carbocycles. The first-order valence-corrected chi connectivity index (χ1v) is 8.57. The molecular formula is C18H20N8O2. The largest absolute Gasteiger partial charge is 0.368 e. The SMILES string of the molecule is CC[C@@H](Nc1cnc(C(N)=O)c(Nc2cnn(-c3ccccc3)c2)n1)C(N)=O. The molecule has 0 saturated heterocycles. The summed E-state index contributed by atoms with van der Waals surface area (Å²) in [5.41, 5.74) is 12.2. The molecule has 6 N–H and O–H groups in total. The van der Waals surface area contributed by atoms with E-state index in [0.717, 1.165) is 5.69 Å². The zero-order chi connectivity index (χ0) is 20.1. The molecular weight excluding hydrogens is 360 g/mol. The van der Waals surface area contributed by atoms with Crippen molar-refractivity contribution in [3.8, 4) is 5.69 Å². The molecule has 0 bridgehead atoms. The van der Waals surface area contributed by atoms with Crippen LogP contribution in [0.2, 0.25) is 0 Å². The highest BCUT2D eigenvalue weighted by molar-refractivity contribution is 5.96. The van der Waals surface area contributed by atoms with Crippen LogP contribution in [0.5, 0.6) is 0 Å². The fraction of sp³-hybridized carbons (Fsp3) is 0.167. The van der Waals surface area contributed by atoms with Gasteiger partial charge in [0.15, 0.2) is 11.5 Å². The molecule has 0 spiro atoms. The Bertz CT molecular complexity index is 986. The molecule has 0 unspecified atom stereocenters. The highest BCUT2D eigenvalue weighted by Crippen LogP contribution is 2.20. The molecule has 0 aliphatic carbocycles. The number of aromatic nitrogens is 4. The minimum atomic E-state index is -0.737. The quantitative estimate of drug-likeness (QED) is 0.457. The predicted molar refractivity (Wildman–Crippen MR) is 104 cm³/mol. The number of rotatable bonds is 8. The van der Waals surface area contributed by atoms with E-state index in [2.05, 4.69) is 25.7 Å². The first kappa shape index (κ1) is 18.8. The van der Waals surface area contributed by atoms with Gasteiger partial charge in [0.1, 0.15) is 11.9 Å². The number of para-hydroxylation sites is 1. The Balaban J connectivity index is 1.87. The molecule has 0 fully saturated rings. The van der Waals surface area contributed by atoms with Crippen LogP contribution in [0.25, 0.3) is 5.69 Å². The average molecular weight is 380 g/mol. The van der Waals surface area contributed by atoms with E-state index in [4.69, 9.17) is 11.5 Å². The van der Waals surface area contributed by atoms with Gasteiger partial charge in [-0.15, -0.1) is 0 Å². The van der Waals surface area contributed by atoms with Gasteiger partial charge in [0, 0.05) is 0 Å². The molecule has 2 amide bonds. The molecule has 0 aliphatic heterocycles. The van der Waals surface area contributed by atoms with Gasteiger partial charge in [0.2, 0.25) is 5.91 Å². The second kappa shape index (κ2) is 8.16. The lowest BCUT2D eigenvalue weighted by atomic mass is 10.2. The van der Waals surface area contributed by atoms with Crippen molar-refractivity contribution in [1.82, 2.24) is 19.7 Å². The first-order valence-electron chi connectivity index (χ1n) is 8.57. The van der Waals surface area contributed by atoms with E-state index in [0.29, 0.717) is 12.1 Å². The van der Waals surface area contributed by atoms with Gasteiger partial charge in [-0.3, -0.25) is 9.59 Å². The van der Waals surface area contributed by atoms with Crippen molar-refractivity contribution in [1.29, 1.82) is 0 Å². The van der Waals surface area contributed by atoms with Crippen molar-refractivity contribution in [2.24, 2.45) is 11.5 Å². The summed E-state index contributed by atoms with van der Waals surface area (Å²) in [5.74, 6) is -0.820. The fourth-order valence-corrected chi connectivity index (χ4v) is 2.53. The fourth-order valence-electron chi connectivity index (χ4n) is 2.53. The van der Waals surface area contributed by atoms with Gasteiger partial charge < -0.3 is 22.1 Å². The van der Waals surface area contributed by atoms with Crippen LogP contribution in [0.1, 0.15) is 23.8 Å². The number of anilines is 3. The van der Waals surface area contributed by atoms with Crippen LogP contribution < -0.4 is 22.1 Å². The number of carbonyl (C=O) groups is 2. The second-order valence-electron chi connectivity index (χ2n) is 5.96. The summed E-state index contributed by atoms with van der Waals surface area (Å²) < 4.78 is 1.67. The zero-order valence-electron chi connectivity index (χ0n) is 15.2. The standard InChI is InChI=1S/C18H20N8O2/c1-2-13(16(19)27)24-14-9-21-15(17(20)28)18(25-14)23-11-8-22-26(10-11)12-6-4-3-5-7-12/h3-10,13H,2H2,1H3,(H2,19,27)(H2,20,28)(H2,23,24,25)/t13-/m1/s1. The average Bonchev–Trinajstić information content (AvgIpc) is 3.15. The van der Waals surface area contributed by atoms with E-state index in [-0.39, 0.29) is 17.3 Å². The molecule has 0 radical (unpaired) electrons. The Morgan fingerprint density at radius 2 is 1.93 bits per heavy atom. The summed E-state index contributed by atoms with van der Waals surface area (Å²) in [4.78, 5) is 31.5. The number of hydrogen-bond donors (Lipinski definition) is 4. The summed E-state index contributed by atoms with van der Waals surface area (Å²) in [6, 6.07) is 8.92. The maximum absolute atomic E-state index is 11.7. The summed E-state index contributed by atoms with van der Waals surface area (Å²) >= 11 is 0. The van der Waals surface area contributed by atoms with E-state index >= 15 is 0 Å². The Morgan fingerprint density at radius 1 is 1.18 bits per heavy atom. The van der Waals surface area contributed by atoms with E-state index in [1.165, 1.54) is 6.20 Å². The maximum Gasteiger partial charge on any atom is 0.271 e. The lowest BCUT2D eigenvalue weighted by Gasteiger charge is -2.15. The van der Waals surface area contributed by atoms with Crippen LogP contribution in [0.4, 0.5) is 17.3 Å². The Morgan fingerprint density at radius 3 is 2.57 bits per heavy atom. The van der Waals surface area contributed by atoms with Crippen molar-refractivity contribution in [2.75, 3.05) is 10.6 Å². The second-order valence-corrected chi connectivity index (χ2v) is 5.96. The monoisotopic (exact) mass is 380 g/mol. The molecule has 28 heavy (non-hydrogen) atoms. The normalized spacial score (nSPS) is 11.6. The smallest absolute Gasteiger partial charge is 0.271 e. The first-order chi connectivity index (χ1) is 13.5. The minimum Gasteiger partial charge on any atom is -0.368 e. The molecule has 0 aliphatic rings. The number of primary amides is 2. The molecule has 3 rings (SSSR count). The Labute approximate surface area is 161 Å². The van der Waals surface area contributed by atoms with Gasteiger partial charge in [-0.05, 0) is 18.6 Å². The van der Waals surface area contributed by atoms with Gasteiger partial charge in [0.05, 0.1) is 30.0 Å². The number of nitrogens with one attached hydrogen (secondary N) is 2. The third kappa shape index (κ3) is 4.23. The maximum atomic E-state index is 11.7. The molecule has 1 aromatic carbocycles. The number of amides is 2. The van der Waals surface area contributed by atoms with Gasteiger partial charge in [-0.2, -0.15) is 5.10 Å². The van der Waals surface area contributed by atoms with Crippen molar-refractivity contribution < 1.29 is 9.59 Å².